The monoisotopic (exact) mass is 304 g/mol. The summed E-state index contributed by atoms with van der Waals surface area (Å²) in [7, 11) is 0. The predicted molar refractivity (Wildman–Crippen MR) is 54.6 cm³/mol. The summed E-state index contributed by atoms with van der Waals surface area (Å²) in [6.07, 6.45) is 1.88. The van der Waals surface area contributed by atoms with E-state index in [1.165, 1.54) is 0 Å². The Kier molecular flexibility index (Phi) is 3.69. The van der Waals surface area contributed by atoms with Crippen LogP contribution >= 0.6 is 43.5 Å². The van der Waals surface area contributed by atoms with Crippen molar-refractivity contribution in [3.05, 3.63) is 0 Å². The molecule has 1 nitrogen and oxygen atoms in total. The Labute approximate surface area is 88.8 Å². The van der Waals surface area contributed by atoms with Crippen LogP contribution in [0.1, 0.15) is 12.8 Å². The Morgan fingerprint density at radius 3 is 2.27 bits per heavy atom. The van der Waals surface area contributed by atoms with Gasteiger partial charge in [0.1, 0.15) is 0 Å². The first kappa shape index (κ1) is 10.3. The quantitative estimate of drug-likeness (QED) is 0.792. The first-order valence-corrected chi connectivity index (χ1v) is 5.81. The highest BCUT2D eigenvalue weighted by molar-refractivity contribution is 9.25. The van der Waals surface area contributed by atoms with Crippen LogP contribution in [0.5, 0.6) is 0 Å². The molecule has 66 valence electrons. The van der Waals surface area contributed by atoms with Gasteiger partial charge in [0, 0.05) is 12.5 Å². The van der Waals surface area contributed by atoms with Crippen molar-refractivity contribution in [3.8, 4) is 0 Å². The Hall–Kier alpha value is 1.21. The van der Waals surface area contributed by atoms with Crippen LogP contribution in [0.3, 0.4) is 0 Å². The Balaban J connectivity index is 2.34. The molecule has 1 aliphatic carbocycles. The van der Waals surface area contributed by atoms with E-state index in [2.05, 4.69) is 31.9 Å². The summed E-state index contributed by atoms with van der Waals surface area (Å²) in [5.74, 6) is 1.84. The molecule has 0 radical (unpaired) electrons. The lowest BCUT2D eigenvalue weighted by molar-refractivity contribution is 0.276. The SMILES string of the molecule is OCCC1C(CCCl)C1(Br)Br. The van der Waals surface area contributed by atoms with Gasteiger partial charge in [-0.3, -0.25) is 0 Å². The fraction of sp³-hybridized carbons (Fsp3) is 1.00. The smallest absolute Gasteiger partial charge is 0.0869 e. The summed E-state index contributed by atoms with van der Waals surface area (Å²) < 4.78 is 0.0671. The van der Waals surface area contributed by atoms with Crippen LogP contribution in [0.2, 0.25) is 0 Å². The van der Waals surface area contributed by atoms with Crippen molar-refractivity contribution in [2.45, 2.75) is 16.1 Å². The van der Waals surface area contributed by atoms with Crippen molar-refractivity contribution in [2.75, 3.05) is 12.5 Å². The number of halogens is 3. The molecule has 0 bridgehead atoms. The molecule has 2 atom stereocenters. The zero-order chi connectivity index (χ0) is 8.48. The van der Waals surface area contributed by atoms with Gasteiger partial charge in [0.05, 0.1) is 3.23 Å². The van der Waals surface area contributed by atoms with E-state index in [9.17, 15) is 0 Å². The summed E-state index contributed by atoms with van der Waals surface area (Å²) in [6, 6.07) is 0. The van der Waals surface area contributed by atoms with Crippen LogP contribution in [-0.4, -0.2) is 20.8 Å². The number of rotatable bonds is 4. The highest BCUT2D eigenvalue weighted by Gasteiger charge is 2.60. The maximum Gasteiger partial charge on any atom is 0.0869 e. The molecule has 1 fully saturated rings. The third-order valence-electron chi connectivity index (χ3n) is 2.23. The maximum atomic E-state index is 8.72. The molecule has 0 saturated heterocycles. The summed E-state index contributed by atoms with van der Waals surface area (Å²) in [5, 5.41) is 8.72. The fourth-order valence-electron chi connectivity index (χ4n) is 1.50. The second-order valence-corrected chi connectivity index (χ2v) is 6.94. The average Bonchev–Trinajstić information content (AvgIpc) is 2.41. The molecule has 11 heavy (non-hydrogen) atoms. The minimum Gasteiger partial charge on any atom is -0.396 e. The van der Waals surface area contributed by atoms with Crippen LogP contribution in [0.15, 0.2) is 0 Å². The van der Waals surface area contributed by atoms with Crippen LogP contribution in [0.25, 0.3) is 0 Å². The van der Waals surface area contributed by atoms with E-state index in [0.29, 0.717) is 17.7 Å². The van der Waals surface area contributed by atoms with Crippen molar-refractivity contribution in [3.63, 3.8) is 0 Å². The highest BCUT2D eigenvalue weighted by Crippen LogP contribution is 2.64. The second kappa shape index (κ2) is 3.95. The standard InChI is InChI=1S/C7H11Br2ClO/c8-7(9)5(1-3-10)6(7)2-4-11/h5-6,11H,1-4H2. The van der Waals surface area contributed by atoms with E-state index < -0.39 is 0 Å². The summed E-state index contributed by atoms with van der Waals surface area (Å²) in [4.78, 5) is 0. The lowest BCUT2D eigenvalue weighted by Crippen LogP contribution is -1.91. The van der Waals surface area contributed by atoms with Crippen LogP contribution in [-0.2, 0) is 0 Å². The van der Waals surface area contributed by atoms with E-state index in [1.54, 1.807) is 0 Å². The predicted octanol–water partition coefficient (Wildman–Crippen LogP) is 2.73. The molecule has 1 N–H and O–H groups in total. The van der Waals surface area contributed by atoms with Crippen molar-refractivity contribution >= 4 is 43.5 Å². The van der Waals surface area contributed by atoms with Gasteiger partial charge < -0.3 is 5.11 Å². The molecule has 4 heteroatoms. The van der Waals surface area contributed by atoms with Crippen molar-refractivity contribution in [1.29, 1.82) is 0 Å². The van der Waals surface area contributed by atoms with Gasteiger partial charge in [-0.05, 0) is 24.7 Å². The molecule has 0 aromatic rings. The molecule has 0 aliphatic heterocycles. The van der Waals surface area contributed by atoms with E-state index in [0.717, 1.165) is 12.8 Å². The molecule has 0 aromatic carbocycles. The normalized spacial score (nSPS) is 33.8. The first-order chi connectivity index (χ1) is 5.14. The van der Waals surface area contributed by atoms with E-state index in [1.807, 2.05) is 0 Å². The zero-order valence-electron chi connectivity index (χ0n) is 6.06. The van der Waals surface area contributed by atoms with Gasteiger partial charge in [0.2, 0.25) is 0 Å². The molecule has 0 amide bonds. The van der Waals surface area contributed by atoms with Gasteiger partial charge in [-0.25, -0.2) is 0 Å². The minimum atomic E-state index is 0.0671. The minimum absolute atomic E-state index is 0.0671. The molecule has 0 spiro atoms. The van der Waals surface area contributed by atoms with Gasteiger partial charge in [0.25, 0.3) is 0 Å². The first-order valence-electron chi connectivity index (χ1n) is 3.69. The number of alkyl halides is 3. The van der Waals surface area contributed by atoms with E-state index in [4.69, 9.17) is 16.7 Å². The summed E-state index contributed by atoms with van der Waals surface area (Å²) in [5.41, 5.74) is 0. The largest absolute Gasteiger partial charge is 0.396 e. The van der Waals surface area contributed by atoms with Gasteiger partial charge in [-0.1, -0.05) is 31.9 Å². The van der Waals surface area contributed by atoms with Crippen LogP contribution in [0, 0.1) is 11.8 Å². The Bertz CT molecular complexity index is 126. The van der Waals surface area contributed by atoms with Gasteiger partial charge in [0.15, 0.2) is 0 Å². The van der Waals surface area contributed by atoms with Crippen molar-refractivity contribution < 1.29 is 5.11 Å². The van der Waals surface area contributed by atoms with Crippen LogP contribution in [0.4, 0.5) is 0 Å². The lowest BCUT2D eigenvalue weighted by atomic mass is 10.2. The van der Waals surface area contributed by atoms with Gasteiger partial charge >= 0.3 is 0 Å². The number of aliphatic hydroxyl groups excluding tert-OH is 1. The van der Waals surface area contributed by atoms with Crippen LogP contribution < -0.4 is 0 Å². The van der Waals surface area contributed by atoms with E-state index in [-0.39, 0.29) is 9.84 Å². The molecule has 1 aliphatic rings. The number of hydrogen-bond acceptors (Lipinski definition) is 1. The number of aliphatic hydroxyl groups is 1. The van der Waals surface area contributed by atoms with Crippen molar-refractivity contribution in [2.24, 2.45) is 11.8 Å². The summed E-state index contributed by atoms with van der Waals surface area (Å²) in [6.45, 7) is 0.266. The molecule has 2 unspecified atom stereocenters. The molecular formula is C7H11Br2ClO. The Morgan fingerprint density at radius 1 is 1.27 bits per heavy atom. The van der Waals surface area contributed by atoms with Crippen molar-refractivity contribution in [1.82, 2.24) is 0 Å². The molecule has 0 aromatic heterocycles. The molecule has 1 rings (SSSR count). The van der Waals surface area contributed by atoms with E-state index >= 15 is 0 Å². The lowest BCUT2D eigenvalue weighted by Gasteiger charge is -1.94. The highest BCUT2D eigenvalue weighted by atomic mass is 79.9. The summed E-state index contributed by atoms with van der Waals surface area (Å²) >= 11 is 12.8. The van der Waals surface area contributed by atoms with Gasteiger partial charge in [-0.2, -0.15) is 0 Å². The topological polar surface area (TPSA) is 20.2 Å². The molecule has 1 saturated carbocycles. The average molecular weight is 306 g/mol. The molecule has 0 heterocycles. The third-order valence-corrected chi connectivity index (χ3v) is 4.80. The zero-order valence-corrected chi connectivity index (χ0v) is 9.99. The maximum absolute atomic E-state index is 8.72. The third kappa shape index (κ3) is 2.11. The molecular weight excluding hydrogens is 295 g/mol. The fourth-order valence-corrected chi connectivity index (χ4v) is 3.67. The Morgan fingerprint density at radius 2 is 1.82 bits per heavy atom. The van der Waals surface area contributed by atoms with Gasteiger partial charge in [-0.15, -0.1) is 11.6 Å². The number of hydrogen-bond donors (Lipinski definition) is 1. The second-order valence-electron chi connectivity index (χ2n) is 2.88.